The Balaban J connectivity index is 1.74. The Labute approximate surface area is 120 Å². The van der Waals surface area contributed by atoms with E-state index in [2.05, 4.69) is 12.2 Å². The van der Waals surface area contributed by atoms with Crippen LogP contribution in [0.15, 0.2) is 29.2 Å². The molecule has 0 saturated heterocycles. The fourth-order valence-corrected chi connectivity index (χ4v) is 3.88. The van der Waals surface area contributed by atoms with Crippen LogP contribution >= 0.6 is 11.8 Å². The van der Waals surface area contributed by atoms with Gasteiger partial charge < -0.3 is 5.32 Å². The molecule has 1 aromatic rings. The van der Waals surface area contributed by atoms with Crippen LogP contribution in [0, 0.1) is 11.7 Å². The first-order valence-electron chi connectivity index (χ1n) is 7.42. The third-order valence-corrected chi connectivity index (χ3v) is 4.98. The Morgan fingerprint density at radius 2 is 2.16 bits per heavy atom. The Bertz CT molecular complexity index is 383. The van der Waals surface area contributed by atoms with Crippen molar-refractivity contribution in [3.05, 3.63) is 30.1 Å². The van der Waals surface area contributed by atoms with Crippen molar-refractivity contribution in [2.45, 2.75) is 50.0 Å². The fourth-order valence-electron chi connectivity index (χ4n) is 2.86. The average molecular weight is 281 g/mol. The van der Waals surface area contributed by atoms with Crippen LogP contribution in [-0.4, -0.2) is 18.3 Å². The van der Waals surface area contributed by atoms with E-state index < -0.39 is 0 Å². The van der Waals surface area contributed by atoms with Crippen LogP contribution in [0.2, 0.25) is 0 Å². The SMILES string of the molecule is CCCNC1CCCC1CCSc1ccccc1F. The zero-order valence-corrected chi connectivity index (χ0v) is 12.5. The summed E-state index contributed by atoms with van der Waals surface area (Å²) in [5.41, 5.74) is 0. The molecule has 19 heavy (non-hydrogen) atoms. The van der Waals surface area contributed by atoms with Gasteiger partial charge in [0.15, 0.2) is 0 Å². The van der Waals surface area contributed by atoms with E-state index in [1.807, 2.05) is 12.1 Å². The van der Waals surface area contributed by atoms with Gasteiger partial charge in [-0.3, -0.25) is 0 Å². The number of halogens is 1. The maximum absolute atomic E-state index is 13.5. The third kappa shape index (κ3) is 4.50. The summed E-state index contributed by atoms with van der Waals surface area (Å²) in [5, 5.41) is 3.66. The standard InChI is InChI=1S/C16H24FNS/c1-2-11-18-15-8-5-6-13(15)10-12-19-16-9-4-3-7-14(16)17/h3-4,7,9,13,15,18H,2,5-6,8,10-12H2,1H3. The smallest absolute Gasteiger partial charge is 0.136 e. The van der Waals surface area contributed by atoms with Gasteiger partial charge in [-0.2, -0.15) is 0 Å². The minimum absolute atomic E-state index is 0.0837. The molecule has 0 radical (unpaired) electrons. The minimum Gasteiger partial charge on any atom is -0.314 e. The molecule has 3 heteroatoms. The second-order valence-corrected chi connectivity index (χ2v) is 6.46. The molecular formula is C16H24FNS. The average Bonchev–Trinajstić information content (AvgIpc) is 2.86. The molecule has 1 saturated carbocycles. The molecule has 2 unspecified atom stereocenters. The highest BCUT2D eigenvalue weighted by Gasteiger charge is 2.25. The molecule has 0 aliphatic heterocycles. The van der Waals surface area contributed by atoms with Gasteiger partial charge in [-0.05, 0) is 56.0 Å². The molecule has 1 nitrogen and oxygen atoms in total. The zero-order chi connectivity index (χ0) is 13.5. The number of rotatable bonds is 7. The lowest BCUT2D eigenvalue weighted by atomic mass is 10.0. The van der Waals surface area contributed by atoms with E-state index in [1.165, 1.54) is 32.1 Å². The largest absolute Gasteiger partial charge is 0.314 e. The van der Waals surface area contributed by atoms with Gasteiger partial charge >= 0.3 is 0 Å². The van der Waals surface area contributed by atoms with Crippen molar-refractivity contribution in [3.8, 4) is 0 Å². The van der Waals surface area contributed by atoms with E-state index in [0.29, 0.717) is 6.04 Å². The van der Waals surface area contributed by atoms with Crippen LogP contribution in [0.4, 0.5) is 4.39 Å². The Morgan fingerprint density at radius 1 is 1.32 bits per heavy atom. The van der Waals surface area contributed by atoms with Crippen LogP contribution in [0.25, 0.3) is 0 Å². The molecule has 1 aliphatic carbocycles. The molecule has 1 fully saturated rings. The highest BCUT2D eigenvalue weighted by atomic mass is 32.2. The minimum atomic E-state index is -0.0837. The Hall–Kier alpha value is -0.540. The summed E-state index contributed by atoms with van der Waals surface area (Å²) in [7, 11) is 0. The lowest BCUT2D eigenvalue weighted by Crippen LogP contribution is -2.33. The topological polar surface area (TPSA) is 12.0 Å². The summed E-state index contributed by atoms with van der Waals surface area (Å²) in [6, 6.07) is 7.78. The van der Waals surface area contributed by atoms with Crippen molar-refractivity contribution in [3.63, 3.8) is 0 Å². The van der Waals surface area contributed by atoms with E-state index in [0.717, 1.165) is 23.1 Å². The van der Waals surface area contributed by atoms with E-state index in [9.17, 15) is 4.39 Å². The van der Waals surface area contributed by atoms with Crippen LogP contribution in [0.5, 0.6) is 0 Å². The van der Waals surface area contributed by atoms with E-state index in [4.69, 9.17) is 0 Å². The first kappa shape index (κ1) is 14.9. The second-order valence-electron chi connectivity index (χ2n) is 5.32. The maximum atomic E-state index is 13.5. The van der Waals surface area contributed by atoms with Crippen molar-refractivity contribution in [1.29, 1.82) is 0 Å². The van der Waals surface area contributed by atoms with Crippen LogP contribution in [0.1, 0.15) is 39.0 Å². The van der Waals surface area contributed by atoms with E-state index >= 15 is 0 Å². The summed E-state index contributed by atoms with van der Waals surface area (Å²) in [6.45, 7) is 3.34. The summed E-state index contributed by atoms with van der Waals surface area (Å²) in [6.07, 6.45) is 6.39. The van der Waals surface area contributed by atoms with Gasteiger partial charge in [0.25, 0.3) is 0 Å². The molecule has 1 aliphatic rings. The summed E-state index contributed by atoms with van der Waals surface area (Å²) >= 11 is 1.66. The van der Waals surface area contributed by atoms with Gasteiger partial charge in [-0.1, -0.05) is 25.5 Å². The molecule has 1 N–H and O–H groups in total. The first-order chi connectivity index (χ1) is 9.31. The summed E-state index contributed by atoms with van der Waals surface area (Å²) in [4.78, 5) is 0.790. The number of thioether (sulfide) groups is 1. The van der Waals surface area contributed by atoms with Gasteiger partial charge in [0.05, 0.1) is 0 Å². The maximum Gasteiger partial charge on any atom is 0.136 e. The number of hydrogen-bond acceptors (Lipinski definition) is 2. The van der Waals surface area contributed by atoms with Gasteiger partial charge in [-0.25, -0.2) is 4.39 Å². The van der Waals surface area contributed by atoms with Crippen molar-refractivity contribution in [2.24, 2.45) is 5.92 Å². The van der Waals surface area contributed by atoms with E-state index in [-0.39, 0.29) is 5.82 Å². The van der Waals surface area contributed by atoms with Crippen molar-refractivity contribution in [1.82, 2.24) is 5.32 Å². The molecule has 0 aromatic heterocycles. The monoisotopic (exact) mass is 281 g/mol. The lowest BCUT2D eigenvalue weighted by Gasteiger charge is -2.20. The normalized spacial score (nSPS) is 22.8. The van der Waals surface area contributed by atoms with Crippen LogP contribution in [0.3, 0.4) is 0 Å². The number of nitrogens with one attached hydrogen (secondary N) is 1. The van der Waals surface area contributed by atoms with Crippen molar-refractivity contribution < 1.29 is 4.39 Å². The van der Waals surface area contributed by atoms with Gasteiger partial charge in [0.1, 0.15) is 5.82 Å². The molecular weight excluding hydrogens is 257 g/mol. The van der Waals surface area contributed by atoms with Crippen molar-refractivity contribution >= 4 is 11.8 Å². The quantitative estimate of drug-likeness (QED) is 0.740. The fraction of sp³-hybridized carbons (Fsp3) is 0.625. The first-order valence-corrected chi connectivity index (χ1v) is 8.40. The Morgan fingerprint density at radius 3 is 2.95 bits per heavy atom. The molecule has 2 rings (SSSR count). The van der Waals surface area contributed by atoms with Crippen LogP contribution in [-0.2, 0) is 0 Å². The molecule has 106 valence electrons. The van der Waals surface area contributed by atoms with Crippen LogP contribution < -0.4 is 5.32 Å². The molecule has 2 atom stereocenters. The van der Waals surface area contributed by atoms with Gasteiger partial charge in [-0.15, -0.1) is 11.8 Å². The second kappa shape index (κ2) is 7.91. The Kier molecular flexibility index (Phi) is 6.18. The van der Waals surface area contributed by atoms with Gasteiger partial charge in [0.2, 0.25) is 0 Å². The highest BCUT2D eigenvalue weighted by molar-refractivity contribution is 7.99. The predicted molar refractivity (Wildman–Crippen MR) is 81.2 cm³/mol. The van der Waals surface area contributed by atoms with Gasteiger partial charge in [0, 0.05) is 10.9 Å². The third-order valence-electron chi connectivity index (χ3n) is 3.90. The van der Waals surface area contributed by atoms with E-state index in [1.54, 1.807) is 23.9 Å². The summed E-state index contributed by atoms with van der Waals surface area (Å²) in [5.74, 6) is 1.72. The molecule has 0 heterocycles. The molecule has 0 amide bonds. The molecule has 0 bridgehead atoms. The number of benzene rings is 1. The molecule has 0 spiro atoms. The molecule has 1 aromatic carbocycles. The highest BCUT2D eigenvalue weighted by Crippen LogP contribution is 2.31. The predicted octanol–water partition coefficient (Wildman–Crippen LogP) is 4.48. The lowest BCUT2D eigenvalue weighted by molar-refractivity contribution is 0.393. The number of hydrogen-bond donors (Lipinski definition) is 1. The summed E-state index contributed by atoms with van der Waals surface area (Å²) < 4.78 is 13.5. The zero-order valence-electron chi connectivity index (χ0n) is 11.7. The van der Waals surface area contributed by atoms with Crippen molar-refractivity contribution in [2.75, 3.05) is 12.3 Å².